The van der Waals surface area contributed by atoms with Crippen molar-refractivity contribution >= 4 is 22.6 Å². The zero-order valence-electron chi connectivity index (χ0n) is 18.0. The molecule has 0 bridgehead atoms. The van der Waals surface area contributed by atoms with Gasteiger partial charge >= 0.3 is 6.18 Å². The smallest absolute Gasteiger partial charge is 0.364 e. The molecular weight excluding hydrogens is 461 g/mol. The normalized spacial score (nSPS) is 16.5. The highest BCUT2D eigenvalue weighted by molar-refractivity contribution is 6.03. The van der Waals surface area contributed by atoms with Gasteiger partial charge in [0.1, 0.15) is 11.5 Å². The average molecular weight is 481 g/mol. The summed E-state index contributed by atoms with van der Waals surface area (Å²) in [7, 11) is 0. The first kappa shape index (κ1) is 23.6. The number of pyridine rings is 3. The fraction of sp³-hybridized carbons (Fsp3) is 0.364. The second-order valence-electron chi connectivity index (χ2n) is 8.18. The Morgan fingerprint density at radius 2 is 1.94 bits per heavy atom. The molecule has 180 valence electrons. The van der Waals surface area contributed by atoms with E-state index in [2.05, 4.69) is 15.0 Å². The summed E-state index contributed by atoms with van der Waals surface area (Å²) in [5.74, 6) is -3.76. The molecule has 34 heavy (non-hydrogen) atoms. The van der Waals surface area contributed by atoms with Crippen LogP contribution < -0.4 is 16.1 Å². The Balaban J connectivity index is 1.95. The van der Waals surface area contributed by atoms with Crippen LogP contribution in [0.3, 0.4) is 0 Å². The van der Waals surface area contributed by atoms with Crippen molar-refractivity contribution in [1.29, 1.82) is 0 Å². The SMILES string of the molecule is Cc1nc(N2CCCC(F)(F)CC2)c(-c2cc(=O)c3c(C(N)=O)nccc3[nH]2)cc1C(F)(F)F. The summed E-state index contributed by atoms with van der Waals surface area (Å²) in [5, 5.41) is -0.106. The van der Waals surface area contributed by atoms with Crippen molar-refractivity contribution in [1.82, 2.24) is 15.0 Å². The van der Waals surface area contributed by atoms with Crippen LogP contribution in [-0.2, 0) is 6.18 Å². The third-order valence-electron chi connectivity index (χ3n) is 5.78. The van der Waals surface area contributed by atoms with Gasteiger partial charge in [-0.15, -0.1) is 0 Å². The van der Waals surface area contributed by atoms with E-state index in [1.54, 1.807) is 0 Å². The number of nitrogens with zero attached hydrogens (tertiary/aromatic N) is 3. The molecule has 0 aliphatic carbocycles. The van der Waals surface area contributed by atoms with E-state index in [-0.39, 0.29) is 65.3 Å². The van der Waals surface area contributed by atoms with Gasteiger partial charge in [-0.05, 0) is 25.5 Å². The number of anilines is 1. The minimum Gasteiger partial charge on any atom is -0.364 e. The Bertz CT molecular complexity index is 1340. The van der Waals surface area contributed by atoms with Crippen LogP contribution in [0.15, 0.2) is 29.2 Å². The standard InChI is InChI=1S/C22H20F5N5O2/c1-11-13(22(25,26)27)9-12(20(30-11)32-7-2-4-21(23,24)5-8-32)15-10-16(33)17-14(31-15)3-6-29-18(17)19(28)34/h3,6,9-10H,2,4-5,7-8H2,1H3,(H2,28,34)(H,31,33). The van der Waals surface area contributed by atoms with Crippen molar-refractivity contribution in [3.63, 3.8) is 0 Å². The molecule has 0 spiro atoms. The summed E-state index contributed by atoms with van der Waals surface area (Å²) in [6.45, 7) is 1.23. The predicted molar refractivity (Wildman–Crippen MR) is 115 cm³/mol. The number of hydrogen-bond acceptors (Lipinski definition) is 5. The number of aryl methyl sites for hydroxylation is 1. The van der Waals surface area contributed by atoms with Gasteiger partial charge in [-0.3, -0.25) is 14.6 Å². The van der Waals surface area contributed by atoms with E-state index in [0.29, 0.717) is 0 Å². The Morgan fingerprint density at radius 1 is 1.21 bits per heavy atom. The number of amides is 1. The number of aromatic nitrogens is 3. The van der Waals surface area contributed by atoms with Crippen LogP contribution in [-0.4, -0.2) is 39.9 Å². The zero-order chi connectivity index (χ0) is 24.8. The molecule has 0 aromatic carbocycles. The lowest BCUT2D eigenvalue weighted by Gasteiger charge is -2.26. The number of nitrogens with two attached hydrogens (primary N) is 1. The summed E-state index contributed by atoms with van der Waals surface area (Å²) in [5.41, 5.74) is 3.04. The number of nitrogens with one attached hydrogen (secondary N) is 1. The number of fused-ring (bicyclic) bond motifs is 1. The molecule has 1 fully saturated rings. The molecule has 3 aromatic heterocycles. The summed E-state index contributed by atoms with van der Waals surface area (Å²) >= 11 is 0. The van der Waals surface area contributed by atoms with Gasteiger partial charge < -0.3 is 15.6 Å². The summed E-state index contributed by atoms with van der Waals surface area (Å²) in [6.07, 6.45) is -4.19. The molecule has 0 saturated carbocycles. The second-order valence-corrected chi connectivity index (χ2v) is 8.18. The number of halogens is 5. The monoisotopic (exact) mass is 481 g/mol. The lowest BCUT2D eigenvalue weighted by atomic mass is 10.0. The third kappa shape index (κ3) is 4.44. The van der Waals surface area contributed by atoms with Crippen molar-refractivity contribution in [2.24, 2.45) is 5.73 Å². The fourth-order valence-corrected chi connectivity index (χ4v) is 4.13. The highest BCUT2D eigenvalue weighted by Gasteiger charge is 2.36. The quantitative estimate of drug-likeness (QED) is 0.550. The van der Waals surface area contributed by atoms with Crippen molar-refractivity contribution in [2.75, 3.05) is 18.0 Å². The number of rotatable bonds is 3. The van der Waals surface area contributed by atoms with Crippen LogP contribution in [0.5, 0.6) is 0 Å². The van der Waals surface area contributed by atoms with E-state index in [4.69, 9.17) is 5.73 Å². The molecular formula is C22H20F5N5O2. The van der Waals surface area contributed by atoms with Crippen LogP contribution >= 0.6 is 0 Å². The van der Waals surface area contributed by atoms with Gasteiger partial charge in [0.2, 0.25) is 5.92 Å². The van der Waals surface area contributed by atoms with E-state index in [1.165, 1.54) is 24.1 Å². The van der Waals surface area contributed by atoms with Crippen LogP contribution in [0.25, 0.3) is 22.2 Å². The number of alkyl halides is 5. The number of carbonyl (C=O) groups excluding carboxylic acids is 1. The maximum Gasteiger partial charge on any atom is 0.418 e. The Hall–Kier alpha value is -3.57. The summed E-state index contributed by atoms with van der Waals surface area (Å²) in [6, 6.07) is 3.26. The molecule has 0 atom stereocenters. The van der Waals surface area contributed by atoms with Gasteiger partial charge in [0.15, 0.2) is 5.43 Å². The van der Waals surface area contributed by atoms with Crippen LogP contribution in [0, 0.1) is 6.92 Å². The first-order chi connectivity index (χ1) is 15.9. The number of aromatic amines is 1. The molecule has 7 nitrogen and oxygen atoms in total. The van der Waals surface area contributed by atoms with E-state index < -0.39 is 35.4 Å². The number of carbonyl (C=O) groups is 1. The van der Waals surface area contributed by atoms with E-state index >= 15 is 0 Å². The molecule has 1 saturated heterocycles. The van der Waals surface area contributed by atoms with Gasteiger partial charge in [-0.1, -0.05) is 0 Å². The van der Waals surface area contributed by atoms with Gasteiger partial charge in [0.25, 0.3) is 5.91 Å². The third-order valence-corrected chi connectivity index (χ3v) is 5.78. The second kappa shape index (κ2) is 8.33. The summed E-state index contributed by atoms with van der Waals surface area (Å²) in [4.78, 5) is 36.8. The maximum absolute atomic E-state index is 13.9. The molecule has 3 aromatic rings. The molecule has 0 radical (unpaired) electrons. The lowest BCUT2D eigenvalue weighted by molar-refractivity contribution is -0.138. The van der Waals surface area contributed by atoms with Gasteiger partial charge in [-0.2, -0.15) is 13.2 Å². The first-order valence-corrected chi connectivity index (χ1v) is 10.4. The van der Waals surface area contributed by atoms with Gasteiger partial charge in [0, 0.05) is 43.8 Å². The number of hydrogen-bond donors (Lipinski definition) is 2. The van der Waals surface area contributed by atoms with Crippen molar-refractivity contribution in [2.45, 2.75) is 38.3 Å². The number of primary amides is 1. The predicted octanol–water partition coefficient (Wildman–Crippen LogP) is 4.04. The Morgan fingerprint density at radius 3 is 2.62 bits per heavy atom. The van der Waals surface area contributed by atoms with Crippen molar-refractivity contribution in [3.8, 4) is 11.3 Å². The molecule has 1 amide bonds. The minimum absolute atomic E-state index is 0.0110. The Labute approximate surface area is 189 Å². The van der Waals surface area contributed by atoms with Crippen LogP contribution in [0.1, 0.15) is 41.0 Å². The van der Waals surface area contributed by atoms with Crippen LogP contribution in [0.4, 0.5) is 27.8 Å². The molecule has 4 heterocycles. The number of H-pyrrole nitrogens is 1. The van der Waals surface area contributed by atoms with Gasteiger partial charge in [0.05, 0.1) is 27.9 Å². The average Bonchev–Trinajstić information content (AvgIpc) is 2.92. The first-order valence-electron chi connectivity index (χ1n) is 10.4. The fourth-order valence-electron chi connectivity index (χ4n) is 4.13. The highest BCUT2D eigenvalue weighted by atomic mass is 19.4. The Kier molecular flexibility index (Phi) is 5.78. The van der Waals surface area contributed by atoms with E-state index in [0.717, 1.165) is 12.1 Å². The van der Waals surface area contributed by atoms with Gasteiger partial charge in [-0.25, -0.2) is 13.8 Å². The van der Waals surface area contributed by atoms with E-state index in [1.807, 2.05) is 0 Å². The zero-order valence-corrected chi connectivity index (χ0v) is 18.0. The summed E-state index contributed by atoms with van der Waals surface area (Å²) < 4.78 is 68.9. The minimum atomic E-state index is -4.73. The largest absolute Gasteiger partial charge is 0.418 e. The highest BCUT2D eigenvalue weighted by Crippen LogP contribution is 2.39. The topological polar surface area (TPSA) is 105 Å². The molecule has 1 aliphatic heterocycles. The maximum atomic E-state index is 13.9. The van der Waals surface area contributed by atoms with E-state index in [9.17, 15) is 31.5 Å². The molecule has 4 rings (SSSR count). The molecule has 3 N–H and O–H groups in total. The van der Waals surface area contributed by atoms with Crippen molar-refractivity contribution < 1.29 is 26.7 Å². The molecule has 1 aliphatic rings. The molecule has 12 heteroatoms. The lowest BCUT2D eigenvalue weighted by Crippen LogP contribution is -2.28. The molecule has 0 unspecified atom stereocenters. The van der Waals surface area contributed by atoms with Crippen LogP contribution in [0.2, 0.25) is 0 Å². The van der Waals surface area contributed by atoms with Crippen molar-refractivity contribution in [3.05, 3.63) is 51.6 Å².